The van der Waals surface area contributed by atoms with Crippen LogP contribution in [-0.4, -0.2) is 18.0 Å². The van der Waals surface area contributed by atoms with Crippen LogP contribution in [0, 0.1) is 6.92 Å². The van der Waals surface area contributed by atoms with Gasteiger partial charge in [0.1, 0.15) is 0 Å². The summed E-state index contributed by atoms with van der Waals surface area (Å²) in [6, 6.07) is 13.4. The smallest absolute Gasteiger partial charge is 0.0578 e. The van der Waals surface area contributed by atoms with E-state index in [2.05, 4.69) is 74.3 Å². The molecule has 0 radical (unpaired) electrons. The lowest BCUT2D eigenvalue weighted by atomic mass is 10.1. The molecule has 21 heavy (non-hydrogen) atoms. The Kier molecular flexibility index (Phi) is 5.83. The van der Waals surface area contributed by atoms with Gasteiger partial charge in [-0.3, -0.25) is 4.90 Å². The second kappa shape index (κ2) is 7.62. The van der Waals surface area contributed by atoms with Crippen molar-refractivity contribution in [2.45, 2.75) is 40.3 Å². The van der Waals surface area contributed by atoms with E-state index in [0.29, 0.717) is 6.04 Å². The Hall–Kier alpha value is -1.32. The molecule has 114 valence electrons. The Morgan fingerprint density at radius 2 is 1.81 bits per heavy atom. The number of nitrogens with zero attached hydrogens (tertiary/aromatic N) is 1. The van der Waals surface area contributed by atoms with Gasteiger partial charge < -0.3 is 5.32 Å². The first kappa shape index (κ1) is 16.1. The summed E-state index contributed by atoms with van der Waals surface area (Å²) >= 11 is 1.87. The highest BCUT2D eigenvalue weighted by atomic mass is 32.1. The normalized spacial score (nSPS) is 12.6. The van der Waals surface area contributed by atoms with Crippen molar-refractivity contribution in [3.63, 3.8) is 0 Å². The van der Waals surface area contributed by atoms with Crippen molar-refractivity contribution in [3.8, 4) is 0 Å². The van der Waals surface area contributed by atoms with Crippen LogP contribution in [0.2, 0.25) is 0 Å². The number of aryl methyl sites for hydroxylation is 1. The molecule has 2 nitrogen and oxygen atoms in total. The molecule has 0 aliphatic heterocycles. The molecule has 0 aliphatic rings. The topological polar surface area (TPSA) is 15.3 Å². The van der Waals surface area contributed by atoms with E-state index in [0.717, 1.165) is 19.6 Å². The van der Waals surface area contributed by atoms with Crippen LogP contribution in [0.25, 0.3) is 0 Å². The number of anilines is 1. The number of hydrogen-bond donors (Lipinski definition) is 1. The first-order valence-corrected chi connectivity index (χ1v) is 8.58. The largest absolute Gasteiger partial charge is 0.377 e. The van der Waals surface area contributed by atoms with Crippen molar-refractivity contribution in [1.82, 2.24) is 4.90 Å². The van der Waals surface area contributed by atoms with Crippen LogP contribution in [0.5, 0.6) is 0 Å². The Labute approximate surface area is 132 Å². The Morgan fingerprint density at radius 1 is 1.10 bits per heavy atom. The lowest BCUT2D eigenvalue weighted by Gasteiger charge is -2.22. The third kappa shape index (κ3) is 4.32. The fourth-order valence-corrected chi connectivity index (χ4v) is 3.36. The standard InChI is InChI=1S/C18H26N2S/c1-5-20(6-2)13-16-9-7-8-10-17(16)19-15(4)18-12-11-14(3)21-18/h7-12,15,19H,5-6,13H2,1-4H3. The number of benzene rings is 1. The second-order valence-corrected chi connectivity index (χ2v) is 6.75. The van der Waals surface area contributed by atoms with E-state index in [4.69, 9.17) is 0 Å². The summed E-state index contributed by atoms with van der Waals surface area (Å²) in [7, 11) is 0. The van der Waals surface area contributed by atoms with E-state index in [9.17, 15) is 0 Å². The molecule has 1 aromatic carbocycles. The van der Waals surface area contributed by atoms with Crippen molar-refractivity contribution < 1.29 is 0 Å². The van der Waals surface area contributed by atoms with Gasteiger partial charge >= 0.3 is 0 Å². The van der Waals surface area contributed by atoms with Gasteiger partial charge in [-0.25, -0.2) is 0 Å². The van der Waals surface area contributed by atoms with E-state index >= 15 is 0 Å². The molecule has 2 aromatic rings. The number of nitrogens with one attached hydrogen (secondary N) is 1. The first-order chi connectivity index (χ1) is 10.1. The zero-order valence-electron chi connectivity index (χ0n) is 13.5. The average molecular weight is 302 g/mol. The number of hydrogen-bond acceptors (Lipinski definition) is 3. The van der Waals surface area contributed by atoms with Gasteiger partial charge in [0.2, 0.25) is 0 Å². The third-order valence-electron chi connectivity index (χ3n) is 3.87. The van der Waals surface area contributed by atoms with Gasteiger partial charge in [-0.2, -0.15) is 0 Å². The van der Waals surface area contributed by atoms with Crippen LogP contribution in [0.3, 0.4) is 0 Å². The summed E-state index contributed by atoms with van der Waals surface area (Å²) in [5, 5.41) is 3.68. The molecule has 2 rings (SSSR count). The van der Waals surface area contributed by atoms with Gasteiger partial charge in [-0.05, 0) is 50.7 Å². The predicted molar refractivity (Wildman–Crippen MR) is 94.2 cm³/mol. The minimum atomic E-state index is 0.349. The van der Waals surface area contributed by atoms with Gasteiger partial charge in [0.15, 0.2) is 0 Å². The molecule has 1 N–H and O–H groups in total. The second-order valence-electron chi connectivity index (χ2n) is 5.43. The van der Waals surface area contributed by atoms with E-state index in [1.807, 2.05) is 11.3 Å². The highest BCUT2D eigenvalue weighted by Gasteiger charge is 2.11. The molecule has 0 aliphatic carbocycles. The van der Waals surface area contributed by atoms with Crippen LogP contribution in [0.4, 0.5) is 5.69 Å². The van der Waals surface area contributed by atoms with E-state index < -0.39 is 0 Å². The summed E-state index contributed by atoms with van der Waals surface area (Å²) in [6.07, 6.45) is 0. The van der Waals surface area contributed by atoms with Gasteiger partial charge in [-0.15, -0.1) is 11.3 Å². The van der Waals surface area contributed by atoms with Crippen LogP contribution >= 0.6 is 11.3 Å². The molecule has 0 spiro atoms. The molecule has 0 bridgehead atoms. The number of para-hydroxylation sites is 1. The van der Waals surface area contributed by atoms with Crippen molar-refractivity contribution in [2.75, 3.05) is 18.4 Å². The highest BCUT2D eigenvalue weighted by molar-refractivity contribution is 7.12. The summed E-state index contributed by atoms with van der Waals surface area (Å²) < 4.78 is 0. The fourth-order valence-electron chi connectivity index (χ4n) is 2.48. The monoisotopic (exact) mass is 302 g/mol. The molecule has 0 amide bonds. The van der Waals surface area contributed by atoms with Crippen molar-refractivity contribution in [3.05, 3.63) is 51.7 Å². The zero-order chi connectivity index (χ0) is 15.2. The SMILES string of the molecule is CCN(CC)Cc1ccccc1NC(C)c1ccc(C)s1. The molecule has 1 atom stereocenters. The quantitative estimate of drug-likeness (QED) is 0.768. The zero-order valence-corrected chi connectivity index (χ0v) is 14.3. The minimum absolute atomic E-state index is 0.349. The van der Waals surface area contributed by atoms with Crippen LogP contribution < -0.4 is 5.32 Å². The Bertz CT molecular complexity index is 558. The van der Waals surface area contributed by atoms with Gasteiger partial charge in [0, 0.05) is 22.0 Å². The van der Waals surface area contributed by atoms with E-state index in [1.54, 1.807) is 0 Å². The van der Waals surface area contributed by atoms with Crippen molar-refractivity contribution in [1.29, 1.82) is 0 Å². The Morgan fingerprint density at radius 3 is 2.43 bits per heavy atom. The van der Waals surface area contributed by atoms with Crippen molar-refractivity contribution >= 4 is 17.0 Å². The molecule has 0 saturated carbocycles. The van der Waals surface area contributed by atoms with Crippen LogP contribution in [-0.2, 0) is 6.54 Å². The van der Waals surface area contributed by atoms with Gasteiger partial charge in [0.25, 0.3) is 0 Å². The maximum atomic E-state index is 3.68. The minimum Gasteiger partial charge on any atom is -0.377 e. The summed E-state index contributed by atoms with van der Waals surface area (Å²) in [5.74, 6) is 0. The predicted octanol–water partition coefficient (Wildman–Crippen LogP) is 5.07. The van der Waals surface area contributed by atoms with E-state index in [-0.39, 0.29) is 0 Å². The van der Waals surface area contributed by atoms with Gasteiger partial charge in [-0.1, -0.05) is 32.0 Å². The molecule has 3 heteroatoms. The fraction of sp³-hybridized carbons (Fsp3) is 0.444. The molecular weight excluding hydrogens is 276 g/mol. The van der Waals surface area contributed by atoms with Gasteiger partial charge in [0.05, 0.1) is 6.04 Å². The van der Waals surface area contributed by atoms with Crippen LogP contribution in [0.15, 0.2) is 36.4 Å². The third-order valence-corrected chi connectivity index (χ3v) is 5.05. The van der Waals surface area contributed by atoms with Crippen molar-refractivity contribution in [2.24, 2.45) is 0 Å². The lowest BCUT2D eigenvalue weighted by molar-refractivity contribution is 0.296. The molecule has 1 heterocycles. The molecule has 0 fully saturated rings. The van der Waals surface area contributed by atoms with Crippen LogP contribution in [0.1, 0.15) is 42.1 Å². The summed E-state index contributed by atoms with van der Waals surface area (Å²) in [5.41, 5.74) is 2.63. The maximum Gasteiger partial charge on any atom is 0.0578 e. The summed E-state index contributed by atoms with van der Waals surface area (Å²) in [4.78, 5) is 5.21. The average Bonchev–Trinajstić information content (AvgIpc) is 2.93. The molecule has 1 aromatic heterocycles. The van der Waals surface area contributed by atoms with E-state index in [1.165, 1.54) is 21.0 Å². The maximum absolute atomic E-state index is 3.68. The number of thiophene rings is 1. The highest BCUT2D eigenvalue weighted by Crippen LogP contribution is 2.27. The first-order valence-electron chi connectivity index (χ1n) is 7.77. The molecular formula is C18H26N2S. The molecule has 1 unspecified atom stereocenters. The Balaban J connectivity index is 2.12. The lowest BCUT2D eigenvalue weighted by Crippen LogP contribution is -2.23. The number of rotatable bonds is 7. The summed E-state index contributed by atoms with van der Waals surface area (Å²) in [6.45, 7) is 12.0. The molecule has 0 saturated heterocycles.